The van der Waals surface area contributed by atoms with Crippen molar-refractivity contribution in [2.24, 2.45) is 7.05 Å². The molecule has 6 nitrogen and oxygen atoms in total. The molecule has 2 heterocycles. The number of rotatable bonds is 3. The van der Waals surface area contributed by atoms with Crippen LogP contribution in [0.3, 0.4) is 0 Å². The van der Waals surface area contributed by atoms with E-state index in [0.29, 0.717) is 12.1 Å². The lowest BCUT2D eigenvalue weighted by Crippen LogP contribution is -2.25. The van der Waals surface area contributed by atoms with Crippen LogP contribution in [0.2, 0.25) is 0 Å². The highest BCUT2D eigenvalue weighted by Crippen LogP contribution is 1.96. The fraction of sp³-hybridized carbons (Fsp3) is 0.182. The van der Waals surface area contributed by atoms with E-state index in [1.165, 1.54) is 18.3 Å². The number of hydrogen-bond donors (Lipinski definition) is 2. The van der Waals surface area contributed by atoms with Crippen LogP contribution >= 0.6 is 0 Å². The summed E-state index contributed by atoms with van der Waals surface area (Å²) in [5, 5.41) is 2.72. The van der Waals surface area contributed by atoms with Crippen molar-refractivity contribution >= 4 is 5.91 Å². The largest absolute Gasteiger partial charge is 0.345 e. The van der Waals surface area contributed by atoms with Gasteiger partial charge in [0.2, 0.25) is 5.56 Å². The van der Waals surface area contributed by atoms with Crippen LogP contribution in [0.5, 0.6) is 0 Å². The van der Waals surface area contributed by atoms with E-state index in [1.54, 1.807) is 6.20 Å². The molecule has 0 aliphatic rings. The van der Waals surface area contributed by atoms with Crippen molar-refractivity contribution in [1.82, 2.24) is 19.9 Å². The second-order valence-electron chi connectivity index (χ2n) is 3.58. The van der Waals surface area contributed by atoms with Crippen LogP contribution < -0.4 is 10.9 Å². The van der Waals surface area contributed by atoms with Gasteiger partial charge in [-0.25, -0.2) is 4.98 Å². The average molecular weight is 232 g/mol. The smallest absolute Gasteiger partial charge is 0.253 e. The van der Waals surface area contributed by atoms with Crippen LogP contribution in [0.1, 0.15) is 16.2 Å². The number of aromatic nitrogens is 3. The molecule has 1 amide bonds. The van der Waals surface area contributed by atoms with Gasteiger partial charge < -0.3 is 14.9 Å². The van der Waals surface area contributed by atoms with Gasteiger partial charge in [0.05, 0.1) is 12.1 Å². The lowest BCUT2D eigenvalue weighted by atomic mass is 10.2. The first-order valence-electron chi connectivity index (χ1n) is 5.10. The third kappa shape index (κ3) is 2.60. The Bertz CT molecular complexity index is 565. The van der Waals surface area contributed by atoms with Gasteiger partial charge in [-0.1, -0.05) is 0 Å². The van der Waals surface area contributed by atoms with E-state index in [2.05, 4.69) is 15.3 Å². The molecule has 0 aliphatic heterocycles. The minimum atomic E-state index is -0.246. The molecule has 2 aromatic heterocycles. The molecule has 88 valence electrons. The zero-order valence-corrected chi connectivity index (χ0v) is 9.30. The maximum atomic E-state index is 11.7. The van der Waals surface area contributed by atoms with E-state index in [4.69, 9.17) is 0 Å². The summed E-state index contributed by atoms with van der Waals surface area (Å²) in [7, 11) is 1.86. The molecule has 0 radical (unpaired) electrons. The van der Waals surface area contributed by atoms with E-state index in [-0.39, 0.29) is 11.5 Å². The van der Waals surface area contributed by atoms with Gasteiger partial charge in [0, 0.05) is 31.7 Å². The monoisotopic (exact) mass is 232 g/mol. The zero-order valence-electron chi connectivity index (χ0n) is 9.30. The van der Waals surface area contributed by atoms with Crippen LogP contribution in [0, 0.1) is 0 Å². The first kappa shape index (κ1) is 11.1. The highest BCUT2D eigenvalue weighted by molar-refractivity contribution is 5.93. The Morgan fingerprint density at radius 2 is 2.35 bits per heavy atom. The Morgan fingerprint density at radius 1 is 1.53 bits per heavy atom. The zero-order chi connectivity index (χ0) is 12.3. The highest BCUT2D eigenvalue weighted by Gasteiger charge is 2.06. The molecule has 2 N–H and O–H groups in total. The molecule has 0 bridgehead atoms. The Hall–Kier alpha value is -2.37. The minimum Gasteiger partial charge on any atom is -0.345 e. The van der Waals surface area contributed by atoms with E-state index < -0.39 is 0 Å². The van der Waals surface area contributed by atoms with Crippen molar-refractivity contribution in [2.75, 3.05) is 0 Å². The van der Waals surface area contributed by atoms with E-state index >= 15 is 0 Å². The predicted molar refractivity (Wildman–Crippen MR) is 61.4 cm³/mol. The third-order valence-corrected chi connectivity index (χ3v) is 2.37. The summed E-state index contributed by atoms with van der Waals surface area (Å²) >= 11 is 0. The van der Waals surface area contributed by atoms with Crippen LogP contribution in [0.15, 0.2) is 35.5 Å². The summed E-state index contributed by atoms with van der Waals surface area (Å²) in [6.45, 7) is 0.349. The molecule has 2 rings (SSSR count). The minimum absolute atomic E-state index is 0.231. The number of carbonyl (C=O) groups excluding carboxylic acids is 1. The van der Waals surface area contributed by atoms with Gasteiger partial charge in [0.1, 0.15) is 5.82 Å². The van der Waals surface area contributed by atoms with Crippen molar-refractivity contribution in [2.45, 2.75) is 6.54 Å². The summed E-state index contributed by atoms with van der Waals surface area (Å²) in [5.74, 6) is 0.520. The van der Waals surface area contributed by atoms with Crippen LogP contribution in [-0.2, 0) is 13.6 Å². The molecule has 17 heavy (non-hydrogen) atoms. The normalized spacial score (nSPS) is 10.2. The van der Waals surface area contributed by atoms with Crippen molar-refractivity contribution in [3.63, 3.8) is 0 Å². The number of amides is 1. The fourth-order valence-electron chi connectivity index (χ4n) is 1.38. The molecular formula is C11H12N4O2. The van der Waals surface area contributed by atoms with Crippen LogP contribution in [0.25, 0.3) is 0 Å². The van der Waals surface area contributed by atoms with E-state index in [9.17, 15) is 9.59 Å². The summed E-state index contributed by atoms with van der Waals surface area (Å²) in [5.41, 5.74) is 0.185. The maximum absolute atomic E-state index is 11.7. The lowest BCUT2D eigenvalue weighted by molar-refractivity contribution is 0.0949. The molecular weight excluding hydrogens is 220 g/mol. The van der Waals surface area contributed by atoms with Gasteiger partial charge in [-0.05, 0) is 6.07 Å². The molecule has 0 spiro atoms. The number of nitrogens with one attached hydrogen (secondary N) is 2. The number of carbonyl (C=O) groups is 1. The van der Waals surface area contributed by atoms with Crippen molar-refractivity contribution in [3.05, 3.63) is 52.5 Å². The molecule has 0 unspecified atom stereocenters. The number of nitrogens with zero attached hydrogens (tertiary/aromatic N) is 2. The van der Waals surface area contributed by atoms with Gasteiger partial charge in [-0.15, -0.1) is 0 Å². The second kappa shape index (κ2) is 4.65. The van der Waals surface area contributed by atoms with Gasteiger partial charge in [-0.3, -0.25) is 9.59 Å². The first-order chi connectivity index (χ1) is 8.16. The lowest BCUT2D eigenvalue weighted by Gasteiger charge is -2.04. The fourth-order valence-corrected chi connectivity index (χ4v) is 1.38. The number of imidazole rings is 1. The standard InChI is InChI=1S/C11H12N4O2/c1-15-5-4-12-9(15)7-14-11(17)8-2-3-10(16)13-6-8/h2-6H,7H2,1H3,(H,13,16)(H,14,17). The van der Waals surface area contributed by atoms with Crippen molar-refractivity contribution in [1.29, 1.82) is 0 Å². The molecule has 0 saturated carbocycles. The Kier molecular flexibility index (Phi) is 3.04. The molecule has 0 fully saturated rings. The van der Waals surface area contributed by atoms with Crippen molar-refractivity contribution < 1.29 is 4.79 Å². The molecule has 0 aliphatic carbocycles. The number of H-pyrrole nitrogens is 1. The molecule has 2 aromatic rings. The molecule has 0 saturated heterocycles. The number of aromatic amines is 1. The van der Waals surface area contributed by atoms with E-state index in [0.717, 1.165) is 5.82 Å². The Balaban J connectivity index is 2.00. The summed E-state index contributed by atoms with van der Waals surface area (Å²) in [4.78, 5) is 29.1. The van der Waals surface area contributed by atoms with Gasteiger partial charge in [-0.2, -0.15) is 0 Å². The quantitative estimate of drug-likeness (QED) is 0.784. The summed E-state index contributed by atoms with van der Waals surface area (Å²) in [6.07, 6.45) is 4.86. The predicted octanol–water partition coefficient (Wildman–Crippen LogP) is 0.0384. The number of pyridine rings is 1. The van der Waals surface area contributed by atoms with Gasteiger partial charge in [0.15, 0.2) is 0 Å². The van der Waals surface area contributed by atoms with Gasteiger partial charge >= 0.3 is 0 Å². The average Bonchev–Trinajstić information content (AvgIpc) is 2.73. The highest BCUT2D eigenvalue weighted by atomic mass is 16.1. The SMILES string of the molecule is Cn1ccnc1CNC(=O)c1ccc(=O)[nH]c1. The third-order valence-electron chi connectivity index (χ3n) is 2.37. The molecule has 6 heteroatoms. The Labute approximate surface area is 97.3 Å². The summed E-state index contributed by atoms with van der Waals surface area (Å²) in [6, 6.07) is 2.79. The first-order valence-corrected chi connectivity index (χ1v) is 5.10. The molecule has 0 aromatic carbocycles. The number of hydrogen-bond acceptors (Lipinski definition) is 3. The maximum Gasteiger partial charge on any atom is 0.253 e. The Morgan fingerprint density at radius 3 is 2.94 bits per heavy atom. The van der Waals surface area contributed by atoms with Crippen LogP contribution in [-0.4, -0.2) is 20.4 Å². The van der Waals surface area contributed by atoms with Crippen LogP contribution in [0.4, 0.5) is 0 Å². The topological polar surface area (TPSA) is 79.8 Å². The van der Waals surface area contributed by atoms with E-state index in [1.807, 2.05) is 17.8 Å². The van der Waals surface area contributed by atoms with Gasteiger partial charge in [0.25, 0.3) is 5.91 Å². The van der Waals surface area contributed by atoms with Crippen molar-refractivity contribution in [3.8, 4) is 0 Å². The number of aryl methyl sites for hydroxylation is 1. The summed E-state index contributed by atoms with van der Waals surface area (Å²) < 4.78 is 1.83. The second-order valence-corrected chi connectivity index (χ2v) is 3.58. The molecule has 0 atom stereocenters.